The van der Waals surface area contributed by atoms with E-state index < -0.39 is 0 Å². The van der Waals surface area contributed by atoms with Gasteiger partial charge in [0, 0.05) is 18.3 Å². The first kappa shape index (κ1) is 12.8. The number of anilines is 1. The van der Waals surface area contributed by atoms with E-state index in [0.717, 1.165) is 5.56 Å². The van der Waals surface area contributed by atoms with Crippen molar-refractivity contribution >= 4 is 27.4 Å². The Kier molecular flexibility index (Phi) is 4.10. The molecule has 0 aliphatic carbocycles. The normalized spacial score (nSPS) is 10.3. The molecule has 92 valence electrons. The first-order valence-corrected chi connectivity index (χ1v) is 6.45. The molecule has 0 aliphatic heterocycles. The zero-order valence-electron chi connectivity index (χ0n) is 9.77. The zero-order chi connectivity index (χ0) is 13.0. The van der Waals surface area contributed by atoms with E-state index in [4.69, 9.17) is 5.73 Å². The summed E-state index contributed by atoms with van der Waals surface area (Å²) in [5.74, 6) is 0.0105. The van der Waals surface area contributed by atoms with E-state index in [1.54, 1.807) is 12.3 Å². The number of Topliss-reactive ketones (excluding diaryl/α,β-unsaturated/α-hetero) is 1. The third kappa shape index (κ3) is 2.96. The van der Waals surface area contributed by atoms with E-state index in [9.17, 15) is 4.79 Å². The number of carbonyl (C=O) groups is 1. The fourth-order valence-electron chi connectivity index (χ4n) is 1.75. The van der Waals surface area contributed by atoms with Gasteiger partial charge in [-0.1, -0.05) is 30.3 Å². The number of pyridine rings is 1. The molecule has 3 nitrogen and oxygen atoms in total. The quantitative estimate of drug-likeness (QED) is 0.697. The summed E-state index contributed by atoms with van der Waals surface area (Å²) in [4.78, 5) is 16.1. The minimum Gasteiger partial charge on any atom is -0.398 e. The van der Waals surface area contributed by atoms with Gasteiger partial charge in [0.2, 0.25) is 0 Å². The van der Waals surface area contributed by atoms with Crippen LogP contribution in [0.4, 0.5) is 5.69 Å². The molecule has 1 aromatic carbocycles. The summed E-state index contributed by atoms with van der Waals surface area (Å²) in [5, 5.41) is 0. The van der Waals surface area contributed by atoms with Crippen molar-refractivity contribution in [3.05, 3.63) is 58.3 Å². The molecule has 0 saturated heterocycles. The SMILES string of the molecule is Nc1ccnc(Br)c1C(=O)CCc1ccccc1. The molecule has 0 bridgehead atoms. The lowest BCUT2D eigenvalue weighted by Gasteiger charge is -2.06. The molecule has 1 heterocycles. The number of rotatable bonds is 4. The first-order valence-electron chi connectivity index (χ1n) is 5.65. The number of nitrogens with two attached hydrogens (primary N) is 1. The Labute approximate surface area is 114 Å². The minimum absolute atomic E-state index is 0.0105. The molecule has 0 unspecified atom stereocenters. The average Bonchev–Trinajstić information content (AvgIpc) is 2.37. The summed E-state index contributed by atoms with van der Waals surface area (Å²) in [6.07, 6.45) is 2.71. The van der Waals surface area contributed by atoms with Gasteiger partial charge >= 0.3 is 0 Å². The highest BCUT2D eigenvalue weighted by Crippen LogP contribution is 2.22. The van der Waals surface area contributed by atoms with Crippen molar-refractivity contribution in [2.75, 3.05) is 5.73 Å². The maximum absolute atomic E-state index is 12.1. The second kappa shape index (κ2) is 5.78. The highest BCUT2D eigenvalue weighted by atomic mass is 79.9. The molecular weight excluding hydrogens is 292 g/mol. The summed E-state index contributed by atoms with van der Waals surface area (Å²) in [5.41, 5.74) is 7.89. The number of ketones is 1. The largest absolute Gasteiger partial charge is 0.398 e. The molecule has 0 amide bonds. The molecule has 2 rings (SSSR count). The number of halogens is 1. The Hall–Kier alpha value is -1.68. The fraction of sp³-hybridized carbons (Fsp3) is 0.143. The van der Waals surface area contributed by atoms with Gasteiger partial charge in [-0.2, -0.15) is 0 Å². The van der Waals surface area contributed by atoms with Gasteiger partial charge in [0.05, 0.1) is 5.56 Å². The second-order valence-corrected chi connectivity index (χ2v) is 4.73. The highest BCUT2D eigenvalue weighted by molar-refractivity contribution is 9.10. The van der Waals surface area contributed by atoms with E-state index in [1.807, 2.05) is 30.3 Å². The Balaban J connectivity index is 2.09. The van der Waals surface area contributed by atoms with Crippen molar-refractivity contribution in [2.45, 2.75) is 12.8 Å². The minimum atomic E-state index is 0.0105. The summed E-state index contributed by atoms with van der Waals surface area (Å²) in [6.45, 7) is 0. The average molecular weight is 305 g/mol. The van der Waals surface area contributed by atoms with E-state index in [0.29, 0.717) is 28.7 Å². The number of hydrogen-bond acceptors (Lipinski definition) is 3. The molecule has 2 aromatic rings. The maximum atomic E-state index is 12.1. The summed E-state index contributed by atoms with van der Waals surface area (Å²) in [7, 11) is 0. The van der Waals surface area contributed by atoms with Crippen molar-refractivity contribution in [2.24, 2.45) is 0 Å². The van der Waals surface area contributed by atoms with Crippen LogP contribution in [0.3, 0.4) is 0 Å². The van der Waals surface area contributed by atoms with Crippen LogP contribution in [-0.2, 0) is 6.42 Å². The zero-order valence-corrected chi connectivity index (χ0v) is 11.4. The second-order valence-electron chi connectivity index (χ2n) is 3.97. The standard InChI is InChI=1S/C14H13BrN2O/c15-14-13(11(16)8-9-17-14)12(18)7-6-10-4-2-1-3-5-10/h1-5,8-9H,6-7H2,(H2,16,17). The predicted molar refractivity (Wildman–Crippen MR) is 75.4 cm³/mol. The lowest BCUT2D eigenvalue weighted by molar-refractivity contribution is 0.0982. The van der Waals surface area contributed by atoms with E-state index >= 15 is 0 Å². The Morgan fingerprint density at radius 1 is 1.22 bits per heavy atom. The van der Waals surface area contributed by atoms with Crippen LogP contribution in [-0.4, -0.2) is 10.8 Å². The van der Waals surface area contributed by atoms with Crippen LogP contribution in [0.2, 0.25) is 0 Å². The number of benzene rings is 1. The number of hydrogen-bond donors (Lipinski definition) is 1. The van der Waals surface area contributed by atoms with Crippen molar-refractivity contribution in [3.63, 3.8) is 0 Å². The lowest BCUT2D eigenvalue weighted by Crippen LogP contribution is -2.07. The molecule has 0 spiro atoms. The molecule has 0 aliphatic rings. The molecule has 2 N–H and O–H groups in total. The van der Waals surface area contributed by atoms with Gasteiger partial charge in [-0.25, -0.2) is 4.98 Å². The maximum Gasteiger partial charge on any atom is 0.168 e. The molecule has 0 atom stereocenters. The summed E-state index contributed by atoms with van der Waals surface area (Å²) < 4.78 is 0.514. The molecular formula is C14H13BrN2O. The molecule has 0 saturated carbocycles. The van der Waals surface area contributed by atoms with E-state index in [1.165, 1.54) is 0 Å². The van der Waals surface area contributed by atoms with Gasteiger partial charge in [0.25, 0.3) is 0 Å². The van der Waals surface area contributed by atoms with Crippen LogP contribution >= 0.6 is 15.9 Å². The number of nitrogen functional groups attached to an aromatic ring is 1. The van der Waals surface area contributed by atoms with Crippen LogP contribution < -0.4 is 5.73 Å². The monoisotopic (exact) mass is 304 g/mol. The van der Waals surface area contributed by atoms with Crippen LogP contribution in [0.5, 0.6) is 0 Å². The van der Waals surface area contributed by atoms with E-state index in [2.05, 4.69) is 20.9 Å². The molecule has 4 heteroatoms. The van der Waals surface area contributed by atoms with Crippen LogP contribution in [0, 0.1) is 0 Å². The molecule has 0 fully saturated rings. The summed E-state index contributed by atoms with van der Waals surface area (Å²) in [6, 6.07) is 11.5. The van der Waals surface area contributed by atoms with Crippen LogP contribution in [0.25, 0.3) is 0 Å². The molecule has 1 aromatic heterocycles. The smallest absolute Gasteiger partial charge is 0.168 e. The predicted octanol–water partition coefficient (Wildman–Crippen LogP) is 3.24. The first-order chi connectivity index (χ1) is 8.68. The Bertz CT molecular complexity index is 535. The van der Waals surface area contributed by atoms with Crippen molar-refractivity contribution in [3.8, 4) is 0 Å². The highest BCUT2D eigenvalue weighted by Gasteiger charge is 2.14. The number of nitrogens with zero attached hydrogens (tertiary/aromatic N) is 1. The van der Waals surface area contributed by atoms with Crippen molar-refractivity contribution in [1.29, 1.82) is 0 Å². The fourth-order valence-corrected chi connectivity index (χ4v) is 2.32. The van der Waals surface area contributed by atoms with E-state index in [-0.39, 0.29) is 5.78 Å². The summed E-state index contributed by atoms with van der Waals surface area (Å²) >= 11 is 3.26. The topological polar surface area (TPSA) is 56.0 Å². The number of aryl methyl sites for hydroxylation is 1. The Morgan fingerprint density at radius 2 is 1.94 bits per heavy atom. The third-order valence-electron chi connectivity index (χ3n) is 2.70. The van der Waals surface area contributed by atoms with Crippen LogP contribution in [0.15, 0.2) is 47.2 Å². The van der Waals surface area contributed by atoms with Crippen LogP contribution in [0.1, 0.15) is 22.3 Å². The number of aromatic nitrogens is 1. The molecule has 18 heavy (non-hydrogen) atoms. The molecule has 0 radical (unpaired) electrons. The lowest BCUT2D eigenvalue weighted by atomic mass is 10.0. The Morgan fingerprint density at radius 3 is 2.61 bits per heavy atom. The van der Waals surface area contributed by atoms with Gasteiger partial charge in [0.15, 0.2) is 5.78 Å². The van der Waals surface area contributed by atoms with Gasteiger partial charge in [0.1, 0.15) is 4.60 Å². The van der Waals surface area contributed by atoms with Gasteiger partial charge in [-0.3, -0.25) is 4.79 Å². The number of carbonyl (C=O) groups excluding carboxylic acids is 1. The van der Waals surface area contributed by atoms with Gasteiger partial charge < -0.3 is 5.73 Å². The van der Waals surface area contributed by atoms with Crippen molar-refractivity contribution < 1.29 is 4.79 Å². The van der Waals surface area contributed by atoms with Crippen molar-refractivity contribution in [1.82, 2.24) is 4.98 Å². The van der Waals surface area contributed by atoms with Gasteiger partial charge in [-0.05, 0) is 34.0 Å². The third-order valence-corrected chi connectivity index (χ3v) is 3.30. The van der Waals surface area contributed by atoms with Gasteiger partial charge in [-0.15, -0.1) is 0 Å².